The van der Waals surface area contributed by atoms with Crippen molar-refractivity contribution in [3.05, 3.63) is 41.7 Å². The number of aromatic amines is 1. The molecule has 10 heteroatoms. The van der Waals surface area contributed by atoms with Gasteiger partial charge in [0.1, 0.15) is 11.4 Å². The molecule has 3 rings (SSSR count). The lowest BCUT2D eigenvalue weighted by Crippen LogP contribution is -2.38. The third kappa shape index (κ3) is 5.02. The molecule has 1 aromatic carbocycles. The molecule has 0 unspecified atom stereocenters. The topological polar surface area (TPSA) is 87.3 Å². The Balaban J connectivity index is 1.52. The number of halogens is 3. The molecular weight excluding hydrogens is 377 g/mol. The summed E-state index contributed by atoms with van der Waals surface area (Å²) in [6.07, 6.45) is -1.47. The molecule has 1 fully saturated rings. The molecule has 0 atom stereocenters. The summed E-state index contributed by atoms with van der Waals surface area (Å²) in [4.78, 5) is 25.8. The maximum absolute atomic E-state index is 12.5. The highest BCUT2D eigenvalue weighted by Crippen LogP contribution is 2.27. The molecule has 1 aliphatic rings. The van der Waals surface area contributed by atoms with E-state index in [-0.39, 0.29) is 18.2 Å². The largest absolute Gasteiger partial charge is 0.484 e. The molecule has 2 amide bonds. The van der Waals surface area contributed by atoms with Crippen molar-refractivity contribution in [1.82, 2.24) is 15.1 Å². The predicted octanol–water partition coefficient (Wildman–Crippen LogP) is 3.07. The first-order valence-electron chi connectivity index (χ1n) is 8.77. The fourth-order valence-corrected chi connectivity index (χ4v) is 2.79. The third-order valence-corrected chi connectivity index (χ3v) is 4.30. The number of carbonyl (C=O) groups excluding carboxylic acids is 2. The zero-order valence-electron chi connectivity index (χ0n) is 14.9. The molecule has 0 aliphatic carbocycles. The van der Waals surface area contributed by atoms with Crippen molar-refractivity contribution in [3.8, 4) is 5.75 Å². The van der Waals surface area contributed by atoms with Crippen LogP contribution in [0.4, 0.5) is 18.9 Å². The van der Waals surface area contributed by atoms with Gasteiger partial charge in [-0.3, -0.25) is 14.7 Å². The van der Waals surface area contributed by atoms with Gasteiger partial charge in [0, 0.05) is 24.8 Å². The normalized spacial score (nSPS) is 14.6. The van der Waals surface area contributed by atoms with E-state index >= 15 is 0 Å². The number of piperidine rings is 1. The van der Waals surface area contributed by atoms with E-state index in [4.69, 9.17) is 4.74 Å². The van der Waals surface area contributed by atoms with Crippen LogP contribution in [-0.4, -0.2) is 46.6 Å². The van der Waals surface area contributed by atoms with Crippen molar-refractivity contribution in [2.45, 2.75) is 25.4 Å². The fraction of sp³-hybridized carbons (Fsp3) is 0.389. The number of carbonyl (C=O) groups is 2. The number of rotatable bonds is 5. The maximum atomic E-state index is 12.5. The van der Waals surface area contributed by atoms with Crippen LogP contribution in [0, 0.1) is 0 Å². The molecule has 0 spiro atoms. The van der Waals surface area contributed by atoms with Crippen molar-refractivity contribution < 1.29 is 27.5 Å². The SMILES string of the molecule is O=C(Nc1ccc(OCC(=O)N2CCCCC2)cc1)c1cc(C(F)(F)F)[nH]n1. The van der Waals surface area contributed by atoms with E-state index in [0.717, 1.165) is 32.4 Å². The molecule has 28 heavy (non-hydrogen) atoms. The first-order valence-corrected chi connectivity index (χ1v) is 8.77. The minimum Gasteiger partial charge on any atom is -0.484 e. The van der Waals surface area contributed by atoms with Crippen LogP contribution in [0.3, 0.4) is 0 Å². The fourth-order valence-electron chi connectivity index (χ4n) is 2.79. The molecule has 1 aliphatic heterocycles. The number of alkyl halides is 3. The Labute approximate surface area is 158 Å². The monoisotopic (exact) mass is 396 g/mol. The van der Waals surface area contributed by atoms with E-state index in [9.17, 15) is 22.8 Å². The van der Waals surface area contributed by atoms with Gasteiger partial charge in [0.25, 0.3) is 11.8 Å². The zero-order valence-corrected chi connectivity index (χ0v) is 14.9. The van der Waals surface area contributed by atoms with Crippen LogP contribution in [0.15, 0.2) is 30.3 Å². The second-order valence-electron chi connectivity index (χ2n) is 6.37. The third-order valence-electron chi connectivity index (χ3n) is 4.30. The number of anilines is 1. The van der Waals surface area contributed by atoms with Gasteiger partial charge in [-0.1, -0.05) is 0 Å². The van der Waals surface area contributed by atoms with Crippen molar-refractivity contribution in [2.24, 2.45) is 0 Å². The predicted molar refractivity (Wildman–Crippen MR) is 93.9 cm³/mol. The van der Waals surface area contributed by atoms with Gasteiger partial charge in [0.15, 0.2) is 12.3 Å². The molecule has 1 aromatic heterocycles. The maximum Gasteiger partial charge on any atom is 0.432 e. The van der Waals surface area contributed by atoms with Crippen LogP contribution in [0.1, 0.15) is 35.4 Å². The van der Waals surface area contributed by atoms with Crippen molar-refractivity contribution in [2.75, 3.05) is 25.0 Å². The zero-order chi connectivity index (χ0) is 20.1. The molecular formula is C18H19F3N4O3. The number of H-pyrrole nitrogens is 1. The highest BCUT2D eigenvalue weighted by Gasteiger charge is 2.33. The van der Waals surface area contributed by atoms with Gasteiger partial charge in [-0.25, -0.2) is 0 Å². The highest BCUT2D eigenvalue weighted by atomic mass is 19.4. The summed E-state index contributed by atoms with van der Waals surface area (Å²) >= 11 is 0. The van der Waals surface area contributed by atoms with Crippen LogP contribution in [0.25, 0.3) is 0 Å². The van der Waals surface area contributed by atoms with E-state index in [1.807, 2.05) is 0 Å². The lowest BCUT2D eigenvalue weighted by molar-refractivity contribution is -0.141. The molecule has 2 N–H and O–H groups in total. The molecule has 0 radical (unpaired) electrons. The number of nitrogens with zero attached hydrogens (tertiary/aromatic N) is 2. The molecule has 2 heterocycles. The van der Waals surface area contributed by atoms with E-state index in [1.165, 1.54) is 12.1 Å². The van der Waals surface area contributed by atoms with E-state index < -0.39 is 17.8 Å². The first kappa shape index (κ1) is 19.7. The summed E-state index contributed by atoms with van der Waals surface area (Å²) in [5, 5.41) is 7.60. The Kier molecular flexibility index (Phi) is 5.86. The van der Waals surface area contributed by atoms with E-state index in [2.05, 4.69) is 10.4 Å². The Morgan fingerprint density at radius 3 is 2.43 bits per heavy atom. The van der Waals surface area contributed by atoms with Crippen molar-refractivity contribution in [3.63, 3.8) is 0 Å². The van der Waals surface area contributed by atoms with Gasteiger partial charge in [-0.2, -0.15) is 18.3 Å². The summed E-state index contributed by atoms with van der Waals surface area (Å²) in [6, 6.07) is 6.81. The van der Waals surface area contributed by atoms with Gasteiger partial charge < -0.3 is 15.0 Å². The number of hydrogen-bond donors (Lipinski definition) is 2. The minimum absolute atomic E-state index is 0.0702. The standard InChI is InChI=1S/C18H19F3N4O3/c19-18(20,21)15-10-14(23-24-15)17(27)22-12-4-6-13(7-5-12)28-11-16(26)25-8-2-1-3-9-25/h4-7,10H,1-3,8-9,11H2,(H,22,27)(H,23,24). The lowest BCUT2D eigenvalue weighted by Gasteiger charge is -2.26. The number of ether oxygens (including phenoxy) is 1. The van der Waals surface area contributed by atoms with Crippen LogP contribution in [0.2, 0.25) is 0 Å². The Morgan fingerprint density at radius 1 is 1.14 bits per heavy atom. The molecule has 2 aromatic rings. The quantitative estimate of drug-likeness (QED) is 0.813. The molecule has 150 valence electrons. The van der Waals surface area contributed by atoms with Gasteiger partial charge in [0.05, 0.1) is 0 Å². The lowest BCUT2D eigenvalue weighted by atomic mass is 10.1. The van der Waals surface area contributed by atoms with Gasteiger partial charge in [0.2, 0.25) is 0 Å². The first-order chi connectivity index (χ1) is 13.3. The molecule has 1 saturated heterocycles. The Hall–Kier alpha value is -3.04. The summed E-state index contributed by atoms with van der Waals surface area (Å²) in [7, 11) is 0. The minimum atomic E-state index is -4.60. The number of aromatic nitrogens is 2. The molecule has 7 nitrogen and oxygen atoms in total. The van der Waals surface area contributed by atoms with Gasteiger partial charge in [-0.05, 0) is 43.5 Å². The summed E-state index contributed by atoms with van der Waals surface area (Å²) in [5.74, 6) is -0.403. The number of nitrogens with one attached hydrogen (secondary N) is 2. The van der Waals surface area contributed by atoms with Crippen LogP contribution in [0.5, 0.6) is 5.75 Å². The number of likely N-dealkylation sites (tertiary alicyclic amines) is 1. The van der Waals surface area contributed by atoms with Gasteiger partial charge >= 0.3 is 6.18 Å². The molecule has 0 bridgehead atoms. The van der Waals surface area contributed by atoms with E-state index in [1.54, 1.807) is 22.1 Å². The second kappa shape index (κ2) is 8.32. The van der Waals surface area contributed by atoms with Crippen LogP contribution < -0.4 is 10.1 Å². The summed E-state index contributed by atoms with van der Waals surface area (Å²) in [6.45, 7) is 1.42. The van der Waals surface area contributed by atoms with Crippen LogP contribution in [-0.2, 0) is 11.0 Å². The Bertz CT molecular complexity index is 827. The smallest absolute Gasteiger partial charge is 0.432 e. The number of hydrogen-bond acceptors (Lipinski definition) is 4. The van der Waals surface area contributed by atoms with Gasteiger partial charge in [-0.15, -0.1) is 0 Å². The van der Waals surface area contributed by atoms with Crippen molar-refractivity contribution in [1.29, 1.82) is 0 Å². The summed E-state index contributed by atoms with van der Waals surface area (Å²) in [5.41, 5.74) is -1.11. The second-order valence-corrected chi connectivity index (χ2v) is 6.37. The molecule has 0 saturated carbocycles. The summed E-state index contributed by atoms with van der Waals surface area (Å²) < 4.78 is 43.1. The number of amides is 2. The van der Waals surface area contributed by atoms with E-state index in [0.29, 0.717) is 17.5 Å². The average Bonchev–Trinajstić information content (AvgIpc) is 3.19. The number of benzene rings is 1. The highest BCUT2D eigenvalue weighted by molar-refractivity contribution is 6.02. The Morgan fingerprint density at radius 2 is 1.82 bits per heavy atom. The van der Waals surface area contributed by atoms with Crippen LogP contribution >= 0.6 is 0 Å². The van der Waals surface area contributed by atoms with Crippen molar-refractivity contribution >= 4 is 17.5 Å². The average molecular weight is 396 g/mol.